The Kier molecular flexibility index (Phi) is 8.36. The van der Waals surface area contributed by atoms with Crippen LogP contribution in [-0.4, -0.2) is 50.5 Å². The van der Waals surface area contributed by atoms with E-state index >= 15 is 0 Å². The van der Waals surface area contributed by atoms with Gasteiger partial charge in [-0.25, -0.2) is 0 Å². The summed E-state index contributed by atoms with van der Waals surface area (Å²) in [6, 6.07) is 3.78. The smallest absolute Gasteiger partial charge is 0.433 e. The number of rotatable bonds is 8. The fourth-order valence-corrected chi connectivity index (χ4v) is 6.74. The van der Waals surface area contributed by atoms with Gasteiger partial charge in [-0.05, 0) is 55.1 Å². The lowest BCUT2D eigenvalue weighted by molar-refractivity contribution is -0.151. The summed E-state index contributed by atoms with van der Waals surface area (Å²) in [6.07, 6.45) is -1.05. The average Bonchev–Trinajstić information content (AvgIpc) is 3.27. The Morgan fingerprint density at radius 2 is 1.75 bits per heavy atom. The first-order valence-corrected chi connectivity index (χ1v) is 13.9. The minimum absolute atomic E-state index is 0.00607. The van der Waals surface area contributed by atoms with Gasteiger partial charge in [0, 0.05) is 6.54 Å². The standard InChI is InChI=1S/C28H32Cl2F3N3O4/c1-26(2)12-16(8-9-18(26)25(39)40)36-23(28(31,32)33)17(13-34-36)24(38)35(15-27(3)10-5-11-27)14-21(37)22-19(29)6-4-7-20(22)30/h4,6-7,13,16,18H,5,8-12,14-15H2,1-3H3,(H,39,40)/t16-,18+/m1/s1. The van der Waals surface area contributed by atoms with Crippen molar-refractivity contribution in [1.82, 2.24) is 14.7 Å². The topological polar surface area (TPSA) is 92.5 Å². The molecule has 40 heavy (non-hydrogen) atoms. The third-order valence-electron chi connectivity index (χ3n) is 8.43. The number of ketones is 1. The van der Waals surface area contributed by atoms with E-state index in [2.05, 4.69) is 5.10 Å². The van der Waals surface area contributed by atoms with Crippen molar-refractivity contribution in [2.24, 2.45) is 16.7 Å². The molecule has 12 heteroatoms. The van der Waals surface area contributed by atoms with Gasteiger partial charge < -0.3 is 10.0 Å². The van der Waals surface area contributed by atoms with Gasteiger partial charge in [-0.2, -0.15) is 18.3 Å². The Morgan fingerprint density at radius 3 is 2.25 bits per heavy atom. The predicted octanol–water partition coefficient (Wildman–Crippen LogP) is 7.18. The monoisotopic (exact) mass is 601 g/mol. The molecule has 4 rings (SSSR count). The molecule has 1 amide bonds. The first kappa shape index (κ1) is 30.4. The molecule has 0 bridgehead atoms. The maximum absolute atomic E-state index is 14.5. The Bertz CT molecular complexity index is 1300. The predicted molar refractivity (Wildman–Crippen MR) is 144 cm³/mol. The number of amides is 1. The van der Waals surface area contributed by atoms with E-state index < -0.39 is 59.0 Å². The van der Waals surface area contributed by atoms with Gasteiger partial charge in [0.1, 0.15) is 0 Å². The quantitative estimate of drug-likeness (QED) is 0.324. The molecular weight excluding hydrogens is 570 g/mol. The lowest BCUT2D eigenvalue weighted by Gasteiger charge is -2.42. The van der Waals surface area contributed by atoms with Crippen LogP contribution in [0.3, 0.4) is 0 Å². The van der Waals surface area contributed by atoms with Crippen LogP contribution < -0.4 is 0 Å². The van der Waals surface area contributed by atoms with Gasteiger partial charge in [-0.15, -0.1) is 0 Å². The van der Waals surface area contributed by atoms with Crippen molar-refractivity contribution in [2.45, 2.75) is 71.5 Å². The van der Waals surface area contributed by atoms with Crippen LogP contribution in [0.2, 0.25) is 10.0 Å². The van der Waals surface area contributed by atoms with Crippen LogP contribution in [0.5, 0.6) is 0 Å². The minimum atomic E-state index is -4.92. The van der Waals surface area contributed by atoms with Crippen LogP contribution in [-0.2, 0) is 11.0 Å². The number of alkyl halides is 3. The maximum atomic E-state index is 14.5. The second-order valence-corrected chi connectivity index (χ2v) is 12.8. The summed E-state index contributed by atoms with van der Waals surface area (Å²) in [4.78, 5) is 39.9. The molecular formula is C28H32Cl2F3N3O4. The summed E-state index contributed by atoms with van der Waals surface area (Å²) in [5.41, 5.74) is -2.95. The highest BCUT2D eigenvalue weighted by Crippen LogP contribution is 2.47. The molecule has 218 valence electrons. The summed E-state index contributed by atoms with van der Waals surface area (Å²) in [6.45, 7) is 4.94. The Hall–Kier alpha value is -2.59. The third-order valence-corrected chi connectivity index (χ3v) is 9.06. The number of aliphatic carboxylic acids is 1. The van der Waals surface area contributed by atoms with Crippen molar-refractivity contribution >= 4 is 40.9 Å². The molecule has 1 heterocycles. The highest BCUT2D eigenvalue weighted by atomic mass is 35.5. The Labute approximate surface area is 240 Å². The van der Waals surface area contributed by atoms with Crippen LogP contribution in [0.1, 0.15) is 91.7 Å². The number of aromatic nitrogens is 2. The average molecular weight is 602 g/mol. The normalized spacial score (nSPS) is 21.9. The van der Waals surface area contributed by atoms with Crippen LogP contribution in [0.4, 0.5) is 13.2 Å². The van der Waals surface area contributed by atoms with Crippen LogP contribution in [0, 0.1) is 16.7 Å². The highest BCUT2D eigenvalue weighted by Gasteiger charge is 2.47. The number of carbonyl (C=O) groups is 3. The van der Waals surface area contributed by atoms with E-state index in [9.17, 15) is 32.7 Å². The second-order valence-electron chi connectivity index (χ2n) is 12.0. The molecule has 2 aliphatic rings. The van der Waals surface area contributed by atoms with E-state index in [1.165, 1.54) is 12.1 Å². The van der Waals surface area contributed by atoms with Gasteiger partial charge >= 0.3 is 12.1 Å². The number of carboxylic acid groups (broad SMARTS) is 1. The van der Waals surface area contributed by atoms with Crippen molar-refractivity contribution in [3.8, 4) is 0 Å². The molecule has 0 saturated heterocycles. The van der Waals surface area contributed by atoms with E-state index in [0.717, 1.165) is 35.0 Å². The second kappa shape index (κ2) is 11.0. The molecule has 1 aromatic carbocycles. The van der Waals surface area contributed by atoms with Crippen molar-refractivity contribution in [1.29, 1.82) is 0 Å². The molecule has 1 aromatic heterocycles. The van der Waals surface area contributed by atoms with Crippen molar-refractivity contribution in [3.05, 3.63) is 51.3 Å². The highest BCUT2D eigenvalue weighted by molar-refractivity contribution is 6.40. The number of carboxylic acids is 1. The molecule has 2 aliphatic carbocycles. The molecule has 2 atom stereocenters. The Balaban J connectivity index is 1.70. The van der Waals surface area contributed by atoms with Gasteiger partial charge in [0.05, 0.1) is 45.9 Å². The summed E-state index contributed by atoms with van der Waals surface area (Å²) >= 11 is 12.4. The van der Waals surface area contributed by atoms with Gasteiger partial charge in [0.15, 0.2) is 11.5 Å². The molecule has 7 nitrogen and oxygen atoms in total. The van der Waals surface area contributed by atoms with E-state index in [1.54, 1.807) is 19.9 Å². The van der Waals surface area contributed by atoms with Gasteiger partial charge in [-0.3, -0.25) is 19.1 Å². The summed E-state index contributed by atoms with van der Waals surface area (Å²) in [5, 5.41) is 13.8. The first-order valence-electron chi connectivity index (χ1n) is 13.2. The number of hydrogen-bond donors (Lipinski definition) is 1. The summed E-state index contributed by atoms with van der Waals surface area (Å²) < 4.78 is 44.4. The van der Waals surface area contributed by atoms with E-state index in [4.69, 9.17) is 23.2 Å². The molecule has 0 unspecified atom stereocenters. The lowest BCUT2D eigenvalue weighted by Crippen LogP contribution is -2.46. The number of nitrogens with zero attached hydrogens (tertiary/aromatic N) is 3. The van der Waals surface area contributed by atoms with E-state index in [-0.39, 0.29) is 46.8 Å². The van der Waals surface area contributed by atoms with E-state index in [0.29, 0.717) is 0 Å². The molecule has 2 aromatic rings. The Morgan fingerprint density at radius 1 is 1.12 bits per heavy atom. The number of hydrogen-bond acceptors (Lipinski definition) is 4. The maximum Gasteiger partial charge on any atom is 0.433 e. The largest absolute Gasteiger partial charge is 0.481 e. The number of carbonyl (C=O) groups excluding carboxylic acids is 2. The zero-order chi connectivity index (χ0) is 29.6. The number of benzene rings is 1. The molecule has 0 aliphatic heterocycles. The zero-order valence-electron chi connectivity index (χ0n) is 22.5. The minimum Gasteiger partial charge on any atom is -0.481 e. The van der Waals surface area contributed by atoms with Crippen molar-refractivity contribution < 1.29 is 32.7 Å². The van der Waals surface area contributed by atoms with Gasteiger partial charge in [-0.1, -0.05) is 56.5 Å². The van der Waals surface area contributed by atoms with Crippen molar-refractivity contribution in [3.63, 3.8) is 0 Å². The fraction of sp³-hybridized carbons (Fsp3) is 0.571. The molecule has 1 N–H and O–H groups in total. The molecule has 2 fully saturated rings. The lowest BCUT2D eigenvalue weighted by atomic mass is 9.67. The molecule has 2 saturated carbocycles. The SMILES string of the molecule is CC1(CN(CC(=O)c2c(Cl)cccc2Cl)C(=O)c2cnn([C@@H]3CC[C@@H](C(=O)O)C(C)(C)C3)c2C(F)(F)F)CCC1. The molecule has 0 radical (unpaired) electrons. The molecule has 0 spiro atoms. The third kappa shape index (κ3) is 6.03. The fourth-order valence-electron chi connectivity index (χ4n) is 6.13. The first-order chi connectivity index (χ1) is 18.5. The number of halogens is 5. The number of Topliss-reactive ketones (excluding diaryl/α,β-unsaturated/α-hetero) is 1. The zero-order valence-corrected chi connectivity index (χ0v) is 24.0. The van der Waals surface area contributed by atoms with Crippen LogP contribution in [0.15, 0.2) is 24.4 Å². The van der Waals surface area contributed by atoms with Crippen LogP contribution >= 0.6 is 23.2 Å². The summed E-state index contributed by atoms with van der Waals surface area (Å²) in [7, 11) is 0. The van der Waals surface area contributed by atoms with Crippen LogP contribution in [0.25, 0.3) is 0 Å². The van der Waals surface area contributed by atoms with Gasteiger partial charge in [0.2, 0.25) is 0 Å². The van der Waals surface area contributed by atoms with Crippen molar-refractivity contribution in [2.75, 3.05) is 13.1 Å². The van der Waals surface area contributed by atoms with Gasteiger partial charge in [0.25, 0.3) is 5.91 Å². The van der Waals surface area contributed by atoms with E-state index in [1.807, 2.05) is 6.92 Å². The summed E-state index contributed by atoms with van der Waals surface area (Å²) in [5.74, 6) is -3.22.